The van der Waals surface area contributed by atoms with Crippen molar-refractivity contribution in [2.75, 3.05) is 18.6 Å². The molecule has 0 spiro atoms. The predicted octanol–water partition coefficient (Wildman–Crippen LogP) is 3.53. The molecule has 1 aromatic carbocycles. The highest BCUT2D eigenvalue weighted by Crippen LogP contribution is 2.36. The SMILES string of the molecule is COc1cccc(N(CC(F)(F)F)C(C)C)c1[C@H](C)O. The summed E-state index contributed by atoms with van der Waals surface area (Å²) in [6, 6.07) is 4.45. The predicted molar refractivity (Wildman–Crippen MR) is 72.2 cm³/mol. The first-order valence-electron chi connectivity index (χ1n) is 6.35. The first-order valence-corrected chi connectivity index (χ1v) is 6.35. The highest BCUT2D eigenvalue weighted by Gasteiger charge is 2.33. The van der Waals surface area contributed by atoms with E-state index in [1.54, 1.807) is 32.0 Å². The van der Waals surface area contributed by atoms with Crippen LogP contribution in [0.2, 0.25) is 0 Å². The fourth-order valence-electron chi connectivity index (χ4n) is 2.12. The second-order valence-electron chi connectivity index (χ2n) is 4.91. The van der Waals surface area contributed by atoms with Gasteiger partial charge in [-0.1, -0.05) is 6.07 Å². The van der Waals surface area contributed by atoms with Crippen molar-refractivity contribution in [3.8, 4) is 5.75 Å². The summed E-state index contributed by atoms with van der Waals surface area (Å²) in [5.41, 5.74) is 0.708. The molecule has 0 saturated heterocycles. The van der Waals surface area contributed by atoms with Crippen LogP contribution in [0.25, 0.3) is 0 Å². The zero-order valence-electron chi connectivity index (χ0n) is 12.0. The molecule has 1 aromatic rings. The van der Waals surface area contributed by atoms with E-state index in [0.29, 0.717) is 17.0 Å². The molecule has 1 N–H and O–H groups in total. The van der Waals surface area contributed by atoms with E-state index in [1.807, 2.05) is 0 Å². The molecule has 20 heavy (non-hydrogen) atoms. The fourth-order valence-corrected chi connectivity index (χ4v) is 2.12. The number of aliphatic hydroxyl groups excluding tert-OH is 1. The topological polar surface area (TPSA) is 32.7 Å². The Bertz CT molecular complexity index is 445. The molecule has 0 aromatic heterocycles. The van der Waals surface area contributed by atoms with Gasteiger partial charge in [0.2, 0.25) is 0 Å². The minimum atomic E-state index is -4.32. The Morgan fingerprint density at radius 1 is 1.25 bits per heavy atom. The monoisotopic (exact) mass is 291 g/mol. The maximum absolute atomic E-state index is 12.7. The minimum Gasteiger partial charge on any atom is -0.496 e. The first kappa shape index (κ1) is 16.6. The number of aliphatic hydroxyl groups is 1. The number of ether oxygens (including phenoxy) is 1. The van der Waals surface area contributed by atoms with E-state index in [2.05, 4.69) is 0 Å². The fraction of sp³-hybridized carbons (Fsp3) is 0.571. The Kier molecular flexibility index (Phi) is 5.28. The second-order valence-corrected chi connectivity index (χ2v) is 4.91. The van der Waals surface area contributed by atoms with Gasteiger partial charge in [0.05, 0.1) is 13.2 Å². The zero-order chi connectivity index (χ0) is 15.5. The summed E-state index contributed by atoms with van der Waals surface area (Å²) in [4.78, 5) is 1.21. The largest absolute Gasteiger partial charge is 0.496 e. The van der Waals surface area contributed by atoms with Crippen molar-refractivity contribution < 1.29 is 23.0 Å². The molecule has 0 fully saturated rings. The number of benzene rings is 1. The van der Waals surface area contributed by atoms with Gasteiger partial charge in [-0.2, -0.15) is 13.2 Å². The van der Waals surface area contributed by atoms with Gasteiger partial charge < -0.3 is 14.7 Å². The smallest absolute Gasteiger partial charge is 0.405 e. The van der Waals surface area contributed by atoms with Crippen LogP contribution in [0.3, 0.4) is 0 Å². The van der Waals surface area contributed by atoms with Crippen LogP contribution in [0, 0.1) is 0 Å². The number of hydrogen-bond acceptors (Lipinski definition) is 3. The summed E-state index contributed by atoms with van der Waals surface area (Å²) in [7, 11) is 1.43. The van der Waals surface area contributed by atoms with Gasteiger partial charge in [0.15, 0.2) is 0 Å². The van der Waals surface area contributed by atoms with Crippen LogP contribution in [0.4, 0.5) is 18.9 Å². The molecule has 0 aliphatic rings. The Balaban J connectivity index is 3.33. The van der Waals surface area contributed by atoms with E-state index in [0.717, 1.165) is 0 Å². The Labute approximate surface area is 117 Å². The molecule has 0 aliphatic carbocycles. The molecule has 114 valence electrons. The van der Waals surface area contributed by atoms with E-state index in [9.17, 15) is 18.3 Å². The van der Waals surface area contributed by atoms with Crippen molar-refractivity contribution in [2.45, 2.75) is 39.1 Å². The summed E-state index contributed by atoms with van der Waals surface area (Å²) in [5, 5.41) is 9.86. The van der Waals surface area contributed by atoms with Crippen molar-refractivity contribution in [1.29, 1.82) is 0 Å². The lowest BCUT2D eigenvalue weighted by molar-refractivity contribution is -0.120. The molecule has 0 aliphatic heterocycles. The number of halogens is 3. The summed E-state index contributed by atoms with van der Waals surface area (Å²) < 4.78 is 43.3. The van der Waals surface area contributed by atoms with E-state index in [4.69, 9.17) is 4.74 Å². The Hall–Kier alpha value is -1.43. The second kappa shape index (κ2) is 6.35. The Morgan fingerprint density at radius 3 is 2.25 bits per heavy atom. The van der Waals surface area contributed by atoms with Gasteiger partial charge in [-0.15, -0.1) is 0 Å². The molecule has 6 heteroatoms. The first-order chi connectivity index (χ1) is 9.17. The van der Waals surface area contributed by atoms with E-state index in [-0.39, 0.29) is 6.04 Å². The highest BCUT2D eigenvalue weighted by atomic mass is 19.4. The number of rotatable bonds is 5. The molecule has 0 bridgehead atoms. The van der Waals surface area contributed by atoms with Gasteiger partial charge in [-0.05, 0) is 32.9 Å². The van der Waals surface area contributed by atoms with Gasteiger partial charge >= 0.3 is 6.18 Å². The van der Waals surface area contributed by atoms with Crippen molar-refractivity contribution >= 4 is 5.69 Å². The molecular weight excluding hydrogens is 271 g/mol. The van der Waals surface area contributed by atoms with Gasteiger partial charge in [0, 0.05) is 17.3 Å². The summed E-state index contributed by atoms with van der Waals surface area (Å²) in [5.74, 6) is 0.380. The van der Waals surface area contributed by atoms with Crippen molar-refractivity contribution in [1.82, 2.24) is 0 Å². The normalized spacial score (nSPS) is 13.4. The molecule has 0 radical (unpaired) electrons. The summed E-state index contributed by atoms with van der Waals surface area (Å²) in [6.07, 6.45) is -5.24. The lowest BCUT2D eigenvalue weighted by atomic mass is 10.0. The number of hydrogen-bond donors (Lipinski definition) is 1. The lowest BCUT2D eigenvalue weighted by Gasteiger charge is -2.32. The van der Waals surface area contributed by atoms with Crippen LogP contribution in [-0.2, 0) is 0 Å². The van der Waals surface area contributed by atoms with E-state index >= 15 is 0 Å². The summed E-state index contributed by atoms with van der Waals surface area (Å²) >= 11 is 0. The zero-order valence-corrected chi connectivity index (χ0v) is 12.0. The Morgan fingerprint density at radius 2 is 1.85 bits per heavy atom. The van der Waals surface area contributed by atoms with Gasteiger partial charge in [-0.25, -0.2) is 0 Å². The van der Waals surface area contributed by atoms with Crippen LogP contribution in [0.5, 0.6) is 5.75 Å². The minimum absolute atomic E-state index is 0.340. The molecule has 0 unspecified atom stereocenters. The maximum atomic E-state index is 12.7. The average molecular weight is 291 g/mol. The van der Waals surface area contributed by atoms with E-state index in [1.165, 1.54) is 18.9 Å². The molecule has 3 nitrogen and oxygen atoms in total. The van der Waals surface area contributed by atoms with E-state index < -0.39 is 18.8 Å². The standard InChI is InChI=1S/C14H20F3NO2/c1-9(2)18(8-14(15,16)17)11-6-5-7-12(20-4)13(11)10(3)19/h5-7,9-10,19H,8H2,1-4H3/t10-/m0/s1. The lowest BCUT2D eigenvalue weighted by Crippen LogP contribution is -2.39. The number of nitrogens with zero attached hydrogens (tertiary/aromatic N) is 1. The van der Waals surface area contributed by atoms with Gasteiger partial charge in [0.25, 0.3) is 0 Å². The molecular formula is C14H20F3NO2. The van der Waals surface area contributed by atoms with Crippen molar-refractivity contribution in [2.24, 2.45) is 0 Å². The third kappa shape index (κ3) is 4.03. The molecule has 0 saturated carbocycles. The number of alkyl halides is 3. The van der Waals surface area contributed by atoms with Crippen LogP contribution < -0.4 is 9.64 Å². The van der Waals surface area contributed by atoms with Crippen LogP contribution >= 0.6 is 0 Å². The van der Waals surface area contributed by atoms with Crippen LogP contribution in [0.15, 0.2) is 18.2 Å². The van der Waals surface area contributed by atoms with Gasteiger partial charge in [0.1, 0.15) is 12.3 Å². The van der Waals surface area contributed by atoms with Crippen LogP contribution in [0.1, 0.15) is 32.4 Å². The van der Waals surface area contributed by atoms with Crippen LogP contribution in [-0.4, -0.2) is 31.0 Å². The van der Waals surface area contributed by atoms with Crippen molar-refractivity contribution in [3.63, 3.8) is 0 Å². The highest BCUT2D eigenvalue weighted by molar-refractivity contribution is 5.61. The van der Waals surface area contributed by atoms with Crippen molar-refractivity contribution in [3.05, 3.63) is 23.8 Å². The third-order valence-corrected chi connectivity index (χ3v) is 2.96. The summed E-state index contributed by atoms with van der Waals surface area (Å²) in [6.45, 7) is 3.79. The number of anilines is 1. The molecule has 1 rings (SSSR count). The average Bonchev–Trinajstić information content (AvgIpc) is 2.33. The molecule has 0 heterocycles. The third-order valence-electron chi connectivity index (χ3n) is 2.96. The molecule has 1 atom stereocenters. The quantitative estimate of drug-likeness (QED) is 0.901. The number of methoxy groups -OCH3 is 1. The van der Waals surface area contributed by atoms with Gasteiger partial charge in [-0.3, -0.25) is 0 Å². The molecule has 0 amide bonds. The maximum Gasteiger partial charge on any atom is 0.405 e.